The Balaban J connectivity index is 1.44. The second kappa shape index (κ2) is 10.3. The van der Waals surface area contributed by atoms with Crippen LogP contribution in [0.2, 0.25) is 0 Å². The summed E-state index contributed by atoms with van der Waals surface area (Å²) in [6.07, 6.45) is 1.83. The molecule has 0 unspecified atom stereocenters. The number of hydrogen-bond donors (Lipinski definition) is 0. The van der Waals surface area contributed by atoms with Gasteiger partial charge >= 0.3 is 0 Å². The molecule has 166 valence electrons. The molecule has 0 bridgehead atoms. The predicted octanol–water partition coefficient (Wildman–Crippen LogP) is 4.72. The summed E-state index contributed by atoms with van der Waals surface area (Å²) in [4.78, 5) is 7.01. The number of benzene rings is 2. The molecule has 4 rings (SSSR count). The van der Waals surface area contributed by atoms with Crippen LogP contribution in [0.15, 0.2) is 66.7 Å². The van der Waals surface area contributed by atoms with E-state index in [-0.39, 0.29) is 0 Å². The van der Waals surface area contributed by atoms with E-state index in [9.17, 15) is 0 Å². The SMILES string of the molecule is CCCN(C)CCOc1ccc(Cc2nc3cccc(-c4ccc(OC)cc4)n3n2)cc1. The molecule has 2 aromatic carbocycles. The third kappa shape index (κ3) is 5.26. The smallest absolute Gasteiger partial charge is 0.156 e. The molecule has 0 amide bonds. The third-order valence-corrected chi connectivity index (χ3v) is 5.42. The van der Waals surface area contributed by atoms with Crippen molar-refractivity contribution in [2.24, 2.45) is 0 Å². The molecule has 32 heavy (non-hydrogen) atoms. The summed E-state index contributed by atoms with van der Waals surface area (Å²) in [5.41, 5.74) is 4.06. The van der Waals surface area contributed by atoms with Crippen LogP contribution in [-0.2, 0) is 6.42 Å². The van der Waals surface area contributed by atoms with E-state index in [1.165, 1.54) is 0 Å². The number of aromatic nitrogens is 3. The van der Waals surface area contributed by atoms with Crippen LogP contribution in [0.25, 0.3) is 16.9 Å². The van der Waals surface area contributed by atoms with Gasteiger partial charge in [0.05, 0.1) is 12.8 Å². The van der Waals surface area contributed by atoms with Crippen LogP contribution in [0.3, 0.4) is 0 Å². The molecule has 6 nitrogen and oxygen atoms in total. The summed E-state index contributed by atoms with van der Waals surface area (Å²) in [5.74, 6) is 2.52. The Morgan fingerprint density at radius 2 is 1.66 bits per heavy atom. The molecule has 0 spiro atoms. The zero-order chi connectivity index (χ0) is 22.3. The summed E-state index contributed by atoms with van der Waals surface area (Å²) in [5, 5.41) is 4.77. The van der Waals surface area contributed by atoms with Crippen molar-refractivity contribution in [3.05, 3.63) is 78.1 Å². The largest absolute Gasteiger partial charge is 0.497 e. The fourth-order valence-electron chi connectivity index (χ4n) is 3.70. The molecule has 0 aliphatic rings. The minimum Gasteiger partial charge on any atom is -0.497 e. The Labute approximate surface area is 189 Å². The fraction of sp³-hybridized carbons (Fsp3) is 0.308. The number of methoxy groups -OCH3 is 1. The highest BCUT2D eigenvalue weighted by atomic mass is 16.5. The molecule has 0 fully saturated rings. The summed E-state index contributed by atoms with van der Waals surface area (Å²) in [6, 6.07) is 22.2. The quantitative estimate of drug-likeness (QED) is 0.365. The first-order valence-corrected chi connectivity index (χ1v) is 11.1. The number of pyridine rings is 1. The van der Waals surface area contributed by atoms with Gasteiger partial charge in [0.1, 0.15) is 18.1 Å². The molecular weight excluding hydrogens is 400 g/mol. The van der Waals surface area contributed by atoms with E-state index >= 15 is 0 Å². The molecule has 2 aromatic heterocycles. The maximum Gasteiger partial charge on any atom is 0.156 e. The van der Waals surface area contributed by atoms with Gasteiger partial charge in [-0.25, -0.2) is 9.50 Å². The van der Waals surface area contributed by atoms with Crippen LogP contribution in [0.5, 0.6) is 11.5 Å². The molecule has 2 heterocycles. The first-order valence-electron chi connectivity index (χ1n) is 11.1. The zero-order valence-corrected chi connectivity index (χ0v) is 19.0. The number of ether oxygens (including phenoxy) is 2. The lowest BCUT2D eigenvalue weighted by Crippen LogP contribution is -2.24. The van der Waals surface area contributed by atoms with Crippen molar-refractivity contribution < 1.29 is 9.47 Å². The molecule has 4 aromatic rings. The van der Waals surface area contributed by atoms with E-state index in [0.717, 1.165) is 59.3 Å². The Morgan fingerprint density at radius 1 is 0.906 bits per heavy atom. The third-order valence-electron chi connectivity index (χ3n) is 5.42. The van der Waals surface area contributed by atoms with Gasteiger partial charge in [0.15, 0.2) is 11.5 Å². The Hall–Kier alpha value is -3.38. The number of fused-ring (bicyclic) bond motifs is 1. The van der Waals surface area contributed by atoms with Crippen molar-refractivity contribution in [2.45, 2.75) is 19.8 Å². The zero-order valence-electron chi connectivity index (χ0n) is 19.0. The van der Waals surface area contributed by atoms with Crippen LogP contribution in [-0.4, -0.2) is 53.4 Å². The monoisotopic (exact) mass is 430 g/mol. The van der Waals surface area contributed by atoms with Gasteiger partial charge in [0, 0.05) is 18.5 Å². The number of rotatable bonds is 10. The molecular formula is C26H30N4O2. The van der Waals surface area contributed by atoms with Crippen LogP contribution in [0, 0.1) is 0 Å². The lowest BCUT2D eigenvalue weighted by atomic mass is 10.1. The Morgan fingerprint density at radius 3 is 2.38 bits per heavy atom. The van der Waals surface area contributed by atoms with E-state index in [0.29, 0.717) is 13.0 Å². The minimum atomic E-state index is 0.670. The molecule has 0 N–H and O–H groups in total. The second-order valence-electron chi connectivity index (χ2n) is 7.91. The number of nitrogens with zero attached hydrogens (tertiary/aromatic N) is 4. The van der Waals surface area contributed by atoms with Crippen molar-refractivity contribution in [3.8, 4) is 22.8 Å². The van der Waals surface area contributed by atoms with E-state index in [4.69, 9.17) is 19.6 Å². The van der Waals surface area contributed by atoms with Gasteiger partial charge < -0.3 is 14.4 Å². The van der Waals surface area contributed by atoms with Gasteiger partial charge in [0.25, 0.3) is 0 Å². The maximum atomic E-state index is 5.87. The van der Waals surface area contributed by atoms with E-state index in [2.05, 4.69) is 37.1 Å². The van der Waals surface area contributed by atoms with Gasteiger partial charge in [-0.05, 0) is 74.1 Å². The molecule has 6 heteroatoms. The van der Waals surface area contributed by atoms with E-state index < -0.39 is 0 Å². The fourth-order valence-corrected chi connectivity index (χ4v) is 3.70. The summed E-state index contributed by atoms with van der Waals surface area (Å²) >= 11 is 0. The first kappa shape index (κ1) is 21.8. The van der Waals surface area contributed by atoms with Gasteiger partial charge in [0.2, 0.25) is 0 Å². The average Bonchev–Trinajstić information content (AvgIpc) is 3.23. The normalized spacial score (nSPS) is 11.2. The summed E-state index contributed by atoms with van der Waals surface area (Å²) in [7, 11) is 3.79. The standard InChI is InChI=1S/C26H30N4O2/c1-4-16-29(2)17-18-32-23-12-8-20(9-13-23)19-25-27-26-7-5-6-24(30(26)28-25)21-10-14-22(31-3)15-11-21/h5-15H,4,16-19H2,1-3H3. The van der Waals surface area contributed by atoms with Gasteiger partial charge in [-0.3, -0.25) is 0 Å². The lowest BCUT2D eigenvalue weighted by Gasteiger charge is -2.15. The Bertz CT molecular complexity index is 1140. The highest BCUT2D eigenvalue weighted by molar-refractivity contribution is 5.63. The van der Waals surface area contributed by atoms with Crippen LogP contribution < -0.4 is 9.47 Å². The maximum absolute atomic E-state index is 5.87. The summed E-state index contributed by atoms with van der Waals surface area (Å²) < 4.78 is 13.0. The molecule has 0 saturated heterocycles. The van der Waals surface area contributed by atoms with E-state index in [1.54, 1.807) is 7.11 Å². The van der Waals surface area contributed by atoms with Crippen molar-refractivity contribution in [1.29, 1.82) is 0 Å². The van der Waals surface area contributed by atoms with Gasteiger partial charge in [-0.1, -0.05) is 25.1 Å². The molecule has 0 radical (unpaired) electrons. The van der Waals surface area contributed by atoms with Crippen molar-refractivity contribution >= 4 is 5.65 Å². The predicted molar refractivity (Wildman–Crippen MR) is 128 cm³/mol. The average molecular weight is 431 g/mol. The van der Waals surface area contributed by atoms with Crippen LogP contribution >= 0.6 is 0 Å². The van der Waals surface area contributed by atoms with Gasteiger partial charge in [-0.15, -0.1) is 0 Å². The van der Waals surface area contributed by atoms with Crippen LogP contribution in [0.1, 0.15) is 24.7 Å². The molecule has 0 aliphatic carbocycles. The molecule has 0 atom stereocenters. The van der Waals surface area contributed by atoms with Gasteiger partial charge in [-0.2, -0.15) is 5.10 Å². The second-order valence-corrected chi connectivity index (χ2v) is 7.91. The van der Waals surface area contributed by atoms with E-state index in [1.807, 2.05) is 53.0 Å². The molecule has 0 aliphatic heterocycles. The highest BCUT2D eigenvalue weighted by Crippen LogP contribution is 2.23. The topological polar surface area (TPSA) is 51.9 Å². The van der Waals surface area contributed by atoms with Crippen LogP contribution in [0.4, 0.5) is 0 Å². The lowest BCUT2D eigenvalue weighted by molar-refractivity contribution is 0.237. The Kier molecular flexibility index (Phi) is 7.02. The highest BCUT2D eigenvalue weighted by Gasteiger charge is 2.10. The number of likely N-dealkylation sites (N-methyl/N-ethyl adjacent to an activating group) is 1. The first-order chi connectivity index (χ1) is 15.7. The van der Waals surface area contributed by atoms with Crippen molar-refractivity contribution in [2.75, 3.05) is 33.9 Å². The summed E-state index contributed by atoms with van der Waals surface area (Å²) in [6.45, 7) is 4.90. The van der Waals surface area contributed by atoms with Crippen molar-refractivity contribution in [1.82, 2.24) is 19.5 Å². The minimum absolute atomic E-state index is 0.670. The van der Waals surface area contributed by atoms with Crippen molar-refractivity contribution in [3.63, 3.8) is 0 Å². The number of hydrogen-bond acceptors (Lipinski definition) is 5. The molecule has 0 saturated carbocycles.